The van der Waals surface area contributed by atoms with Gasteiger partial charge in [0.2, 0.25) is 0 Å². The van der Waals surface area contributed by atoms with Gasteiger partial charge in [-0.2, -0.15) is 5.10 Å². The predicted molar refractivity (Wildman–Crippen MR) is 75.8 cm³/mol. The van der Waals surface area contributed by atoms with Crippen molar-refractivity contribution < 1.29 is 0 Å². The SMILES string of the molecule is C1=C[C@H]2C[C@H]1C[C@H]2CN1CCC(c2ccn[nH]2)CC1. The average molecular weight is 257 g/mol. The van der Waals surface area contributed by atoms with Gasteiger partial charge in [0.25, 0.3) is 0 Å². The third-order valence-corrected chi connectivity index (χ3v) is 5.46. The van der Waals surface area contributed by atoms with E-state index in [2.05, 4.69) is 33.3 Å². The van der Waals surface area contributed by atoms with Crippen molar-refractivity contribution in [3.8, 4) is 0 Å². The molecule has 4 rings (SSSR count). The van der Waals surface area contributed by atoms with Crippen LogP contribution in [-0.2, 0) is 0 Å². The van der Waals surface area contributed by atoms with Crippen LogP contribution in [0, 0.1) is 17.8 Å². The Bertz CT molecular complexity index is 443. The number of nitrogens with zero attached hydrogens (tertiary/aromatic N) is 2. The van der Waals surface area contributed by atoms with Crippen molar-refractivity contribution in [2.24, 2.45) is 17.8 Å². The molecular weight excluding hydrogens is 234 g/mol. The van der Waals surface area contributed by atoms with Crippen LogP contribution in [0.4, 0.5) is 0 Å². The highest BCUT2D eigenvalue weighted by Gasteiger charge is 2.36. The van der Waals surface area contributed by atoms with Crippen LogP contribution in [-0.4, -0.2) is 34.7 Å². The molecule has 2 heterocycles. The van der Waals surface area contributed by atoms with E-state index >= 15 is 0 Å². The number of hydrogen-bond acceptors (Lipinski definition) is 2. The highest BCUT2D eigenvalue weighted by Crippen LogP contribution is 2.44. The maximum Gasteiger partial charge on any atom is 0.0490 e. The average Bonchev–Trinajstić information content (AvgIpc) is 3.17. The molecule has 0 spiro atoms. The van der Waals surface area contributed by atoms with Gasteiger partial charge in [0.15, 0.2) is 0 Å². The van der Waals surface area contributed by atoms with Crippen LogP contribution in [0.25, 0.3) is 0 Å². The molecule has 19 heavy (non-hydrogen) atoms. The molecule has 0 amide bonds. The first-order valence-electron chi connectivity index (χ1n) is 7.78. The fraction of sp³-hybridized carbons (Fsp3) is 0.688. The van der Waals surface area contributed by atoms with Gasteiger partial charge in [-0.05, 0) is 62.6 Å². The molecule has 2 aliphatic carbocycles. The lowest BCUT2D eigenvalue weighted by Gasteiger charge is -2.34. The van der Waals surface area contributed by atoms with Crippen molar-refractivity contribution in [3.63, 3.8) is 0 Å². The van der Waals surface area contributed by atoms with Crippen LogP contribution in [0.3, 0.4) is 0 Å². The summed E-state index contributed by atoms with van der Waals surface area (Å²) in [5.41, 5.74) is 1.34. The first-order valence-corrected chi connectivity index (χ1v) is 7.78. The number of aromatic nitrogens is 2. The Balaban J connectivity index is 1.30. The Morgan fingerprint density at radius 1 is 1.21 bits per heavy atom. The molecule has 1 aromatic rings. The Labute approximate surface area is 115 Å². The lowest BCUT2D eigenvalue weighted by Crippen LogP contribution is -2.37. The molecule has 3 atom stereocenters. The standard InChI is InChI=1S/C16H23N3/c1-2-14-9-12(1)10-15(14)11-19-7-4-13(5-8-19)16-3-6-17-18-16/h1-3,6,12-15H,4-5,7-11H2,(H,17,18)/t12-,14-,15-/m0/s1. The van der Waals surface area contributed by atoms with E-state index in [1.54, 1.807) is 0 Å². The maximum atomic E-state index is 4.08. The molecule has 3 heteroatoms. The van der Waals surface area contributed by atoms with Crippen LogP contribution in [0.2, 0.25) is 0 Å². The molecule has 1 aromatic heterocycles. The molecule has 3 nitrogen and oxygen atoms in total. The van der Waals surface area contributed by atoms with Crippen LogP contribution < -0.4 is 0 Å². The summed E-state index contributed by atoms with van der Waals surface area (Å²) >= 11 is 0. The van der Waals surface area contributed by atoms with Crippen molar-refractivity contribution in [2.75, 3.05) is 19.6 Å². The Morgan fingerprint density at radius 2 is 2.11 bits per heavy atom. The van der Waals surface area contributed by atoms with E-state index < -0.39 is 0 Å². The van der Waals surface area contributed by atoms with Crippen LogP contribution >= 0.6 is 0 Å². The molecule has 0 aromatic carbocycles. The number of allylic oxidation sites excluding steroid dienone is 2. The van der Waals surface area contributed by atoms with E-state index in [9.17, 15) is 0 Å². The summed E-state index contributed by atoms with van der Waals surface area (Å²) in [6.07, 6.45) is 12.3. The smallest absolute Gasteiger partial charge is 0.0490 e. The van der Waals surface area contributed by atoms with E-state index in [1.807, 2.05) is 6.20 Å². The monoisotopic (exact) mass is 257 g/mol. The van der Waals surface area contributed by atoms with Gasteiger partial charge in [-0.3, -0.25) is 5.10 Å². The summed E-state index contributed by atoms with van der Waals surface area (Å²) in [5, 5.41) is 7.22. The first kappa shape index (κ1) is 11.7. The highest BCUT2D eigenvalue weighted by atomic mass is 15.1. The normalized spacial score (nSPS) is 35.3. The fourth-order valence-electron chi connectivity index (χ4n) is 4.36. The van der Waals surface area contributed by atoms with Crippen LogP contribution in [0.5, 0.6) is 0 Å². The molecule has 1 saturated carbocycles. The van der Waals surface area contributed by atoms with Crippen LogP contribution in [0.15, 0.2) is 24.4 Å². The zero-order chi connectivity index (χ0) is 12.7. The van der Waals surface area contributed by atoms with Gasteiger partial charge in [-0.15, -0.1) is 0 Å². The molecule has 0 unspecified atom stereocenters. The van der Waals surface area contributed by atoms with Crippen molar-refractivity contribution in [2.45, 2.75) is 31.6 Å². The fourth-order valence-corrected chi connectivity index (χ4v) is 4.36. The lowest BCUT2D eigenvalue weighted by atomic mass is 9.90. The van der Waals surface area contributed by atoms with Crippen molar-refractivity contribution >= 4 is 0 Å². The highest BCUT2D eigenvalue weighted by molar-refractivity contribution is 5.11. The van der Waals surface area contributed by atoms with Gasteiger partial charge >= 0.3 is 0 Å². The van der Waals surface area contributed by atoms with Crippen molar-refractivity contribution in [3.05, 3.63) is 30.1 Å². The number of hydrogen-bond donors (Lipinski definition) is 1. The Kier molecular flexibility index (Phi) is 2.95. The molecular formula is C16H23N3. The lowest BCUT2D eigenvalue weighted by molar-refractivity contribution is 0.171. The zero-order valence-corrected chi connectivity index (χ0v) is 11.5. The van der Waals surface area contributed by atoms with Gasteiger partial charge in [0.05, 0.1) is 0 Å². The quantitative estimate of drug-likeness (QED) is 0.844. The second-order valence-electron chi connectivity index (χ2n) is 6.63. The van der Waals surface area contributed by atoms with E-state index in [0.717, 1.165) is 17.8 Å². The third-order valence-electron chi connectivity index (χ3n) is 5.46. The molecule has 0 radical (unpaired) electrons. The van der Waals surface area contributed by atoms with Crippen molar-refractivity contribution in [1.82, 2.24) is 15.1 Å². The molecule has 1 aliphatic heterocycles. The second kappa shape index (κ2) is 4.78. The number of rotatable bonds is 3. The van der Waals surface area contributed by atoms with Gasteiger partial charge in [0, 0.05) is 24.4 Å². The number of H-pyrrole nitrogens is 1. The Hall–Kier alpha value is -1.09. The minimum atomic E-state index is 0.707. The molecule has 2 bridgehead atoms. The summed E-state index contributed by atoms with van der Waals surface area (Å²) in [6, 6.07) is 2.14. The van der Waals surface area contributed by atoms with E-state index in [0.29, 0.717) is 5.92 Å². The number of piperidine rings is 1. The van der Waals surface area contributed by atoms with E-state index in [-0.39, 0.29) is 0 Å². The summed E-state index contributed by atoms with van der Waals surface area (Å²) in [6.45, 7) is 3.86. The largest absolute Gasteiger partial charge is 0.303 e. The van der Waals surface area contributed by atoms with Gasteiger partial charge < -0.3 is 4.90 Å². The molecule has 1 N–H and O–H groups in total. The number of nitrogens with one attached hydrogen (secondary N) is 1. The summed E-state index contributed by atoms with van der Waals surface area (Å²) < 4.78 is 0. The maximum absolute atomic E-state index is 4.08. The summed E-state index contributed by atoms with van der Waals surface area (Å²) in [5.74, 6) is 3.46. The number of aromatic amines is 1. The molecule has 2 fully saturated rings. The van der Waals surface area contributed by atoms with E-state index in [4.69, 9.17) is 0 Å². The minimum Gasteiger partial charge on any atom is -0.303 e. The summed E-state index contributed by atoms with van der Waals surface area (Å²) in [4.78, 5) is 2.70. The predicted octanol–water partition coefficient (Wildman–Crippen LogP) is 2.80. The first-order chi connectivity index (χ1) is 9.38. The topological polar surface area (TPSA) is 31.9 Å². The van der Waals surface area contributed by atoms with Gasteiger partial charge in [-0.1, -0.05) is 12.2 Å². The minimum absolute atomic E-state index is 0.707. The third kappa shape index (κ3) is 2.25. The summed E-state index contributed by atoms with van der Waals surface area (Å²) in [7, 11) is 0. The van der Waals surface area contributed by atoms with Gasteiger partial charge in [0.1, 0.15) is 0 Å². The second-order valence-corrected chi connectivity index (χ2v) is 6.63. The number of fused-ring (bicyclic) bond motifs is 2. The van der Waals surface area contributed by atoms with E-state index in [1.165, 1.54) is 51.0 Å². The molecule has 1 saturated heterocycles. The van der Waals surface area contributed by atoms with Crippen LogP contribution in [0.1, 0.15) is 37.3 Å². The van der Waals surface area contributed by atoms with Crippen molar-refractivity contribution in [1.29, 1.82) is 0 Å². The Morgan fingerprint density at radius 3 is 2.74 bits per heavy atom. The molecule has 3 aliphatic rings. The van der Waals surface area contributed by atoms with Gasteiger partial charge in [-0.25, -0.2) is 0 Å². The molecule has 102 valence electrons. The number of likely N-dealkylation sites (tertiary alicyclic amines) is 1. The zero-order valence-electron chi connectivity index (χ0n) is 11.5.